The Morgan fingerprint density at radius 1 is 1.12 bits per heavy atom. The second-order valence-electron chi connectivity index (χ2n) is 6.02. The zero-order chi connectivity index (χ0) is 19.2. The summed E-state index contributed by atoms with van der Waals surface area (Å²) in [5.74, 6) is 0.793. The van der Waals surface area contributed by atoms with Crippen LogP contribution in [0.2, 0.25) is 0 Å². The van der Waals surface area contributed by atoms with E-state index in [1.165, 1.54) is 11.2 Å². The van der Waals surface area contributed by atoms with E-state index < -0.39 is 9.84 Å². The van der Waals surface area contributed by atoms with Gasteiger partial charge in [-0.2, -0.15) is 0 Å². The van der Waals surface area contributed by atoms with Gasteiger partial charge in [-0.05, 0) is 36.8 Å². The second-order valence-corrected chi connectivity index (χ2v) is 9.21. The first-order valence-electron chi connectivity index (χ1n) is 8.27. The predicted octanol–water partition coefficient (Wildman–Crippen LogP) is 3.58. The number of nitrogens with zero attached hydrogens (tertiary/aromatic N) is 1. The molecule has 1 atom stereocenters. The molecule has 2 aromatic carbocycles. The van der Waals surface area contributed by atoms with Crippen molar-refractivity contribution in [2.75, 3.05) is 25.6 Å². The molecule has 26 heavy (non-hydrogen) atoms. The molecule has 2 aromatic rings. The van der Waals surface area contributed by atoms with E-state index in [1.807, 2.05) is 37.3 Å². The van der Waals surface area contributed by atoms with Crippen LogP contribution < -0.4 is 5.32 Å². The normalized spacial score (nSPS) is 12.4. The summed E-state index contributed by atoms with van der Waals surface area (Å²) in [5.41, 5.74) is 0.883. The summed E-state index contributed by atoms with van der Waals surface area (Å²) < 4.78 is 23.1. The van der Waals surface area contributed by atoms with E-state index in [0.717, 1.165) is 11.3 Å². The summed E-state index contributed by atoms with van der Waals surface area (Å²) in [6.07, 6.45) is 1.18. The minimum Gasteiger partial charge on any atom is -0.337 e. The number of carbonyl (C=O) groups is 1. The van der Waals surface area contributed by atoms with Crippen molar-refractivity contribution in [3.8, 4) is 0 Å². The number of nitrogens with one attached hydrogen (secondary N) is 1. The summed E-state index contributed by atoms with van der Waals surface area (Å²) in [5, 5.41) is 2.91. The highest BCUT2D eigenvalue weighted by atomic mass is 32.2. The van der Waals surface area contributed by atoms with Gasteiger partial charge in [0.25, 0.3) is 0 Å². The van der Waals surface area contributed by atoms with E-state index in [9.17, 15) is 13.2 Å². The van der Waals surface area contributed by atoms with Crippen molar-refractivity contribution in [2.24, 2.45) is 0 Å². The van der Waals surface area contributed by atoms with Gasteiger partial charge >= 0.3 is 6.03 Å². The summed E-state index contributed by atoms with van der Waals surface area (Å²) in [6.45, 7) is 2.48. The summed E-state index contributed by atoms with van der Waals surface area (Å²) >= 11 is 1.69. The topological polar surface area (TPSA) is 66.5 Å². The van der Waals surface area contributed by atoms with E-state index in [4.69, 9.17) is 0 Å². The van der Waals surface area contributed by atoms with E-state index in [0.29, 0.717) is 6.54 Å². The number of amides is 2. The molecule has 0 aliphatic carbocycles. The number of rotatable bonds is 7. The molecule has 0 radical (unpaired) electrons. The molecule has 140 valence electrons. The highest BCUT2D eigenvalue weighted by Crippen LogP contribution is 2.21. The Morgan fingerprint density at radius 2 is 1.73 bits per heavy atom. The van der Waals surface area contributed by atoms with Gasteiger partial charge in [-0.3, -0.25) is 0 Å². The zero-order valence-electron chi connectivity index (χ0n) is 15.2. The Kier molecular flexibility index (Phi) is 7.11. The van der Waals surface area contributed by atoms with Gasteiger partial charge in [0.05, 0.1) is 10.9 Å². The van der Waals surface area contributed by atoms with Crippen molar-refractivity contribution in [2.45, 2.75) is 22.8 Å². The lowest BCUT2D eigenvalue weighted by atomic mass is 10.1. The molecule has 2 rings (SSSR count). The summed E-state index contributed by atoms with van der Waals surface area (Å²) in [6, 6.07) is 16.4. The van der Waals surface area contributed by atoms with Crippen molar-refractivity contribution >= 4 is 27.6 Å². The van der Waals surface area contributed by atoms with E-state index in [2.05, 4.69) is 5.32 Å². The van der Waals surface area contributed by atoms with Gasteiger partial charge < -0.3 is 10.2 Å². The molecule has 2 amide bonds. The largest absolute Gasteiger partial charge is 0.337 e. The van der Waals surface area contributed by atoms with Crippen LogP contribution in [0.15, 0.2) is 64.4 Å². The SMILES string of the molecule is C[C@@H](c1ccc(S(C)(=O)=O)cc1)N(C)C(=O)NCCSc1ccccc1. The Labute approximate surface area is 159 Å². The van der Waals surface area contributed by atoms with Crippen LogP contribution in [-0.4, -0.2) is 44.9 Å². The van der Waals surface area contributed by atoms with Gasteiger partial charge in [0.15, 0.2) is 9.84 Å². The van der Waals surface area contributed by atoms with Crippen LogP contribution in [0, 0.1) is 0 Å². The second kappa shape index (κ2) is 9.09. The number of benzene rings is 2. The molecule has 0 bridgehead atoms. The number of sulfone groups is 1. The third kappa shape index (κ3) is 5.78. The molecule has 5 nitrogen and oxygen atoms in total. The molecular formula is C19H24N2O3S2. The minimum atomic E-state index is -3.21. The number of hydrogen-bond acceptors (Lipinski definition) is 4. The lowest BCUT2D eigenvalue weighted by Gasteiger charge is -2.25. The Morgan fingerprint density at radius 3 is 2.31 bits per heavy atom. The fourth-order valence-corrected chi connectivity index (χ4v) is 3.78. The van der Waals surface area contributed by atoms with Crippen molar-refractivity contribution in [1.82, 2.24) is 10.2 Å². The average molecular weight is 393 g/mol. The van der Waals surface area contributed by atoms with E-state index >= 15 is 0 Å². The quantitative estimate of drug-likeness (QED) is 0.578. The van der Waals surface area contributed by atoms with Gasteiger partial charge in [-0.25, -0.2) is 13.2 Å². The Hall–Kier alpha value is -1.99. The maximum absolute atomic E-state index is 12.3. The molecule has 0 saturated carbocycles. The van der Waals surface area contributed by atoms with Crippen LogP contribution in [0.25, 0.3) is 0 Å². The van der Waals surface area contributed by atoms with Gasteiger partial charge in [-0.15, -0.1) is 11.8 Å². The lowest BCUT2D eigenvalue weighted by molar-refractivity contribution is 0.195. The first-order valence-corrected chi connectivity index (χ1v) is 11.2. The van der Waals surface area contributed by atoms with Crippen molar-refractivity contribution in [3.05, 3.63) is 60.2 Å². The molecule has 0 spiro atoms. The number of urea groups is 1. The zero-order valence-corrected chi connectivity index (χ0v) is 16.8. The molecule has 0 aliphatic heterocycles. The molecule has 0 aliphatic rings. The molecule has 0 fully saturated rings. The monoisotopic (exact) mass is 392 g/mol. The molecule has 7 heteroatoms. The van der Waals surface area contributed by atoms with E-state index in [1.54, 1.807) is 48.0 Å². The van der Waals surface area contributed by atoms with Crippen LogP contribution in [0.5, 0.6) is 0 Å². The Balaban J connectivity index is 1.84. The fraction of sp³-hybridized carbons (Fsp3) is 0.316. The van der Waals surface area contributed by atoms with Crippen LogP contribution in [0.4, 0.5) is 4.79 Å². The fourth-order valence-electron chi connectivity index (χ4n) is 2.36. The van der Waals surface area contributed by atoms with Gasteiger partial charge in [0.1, 0.15) is 0 Å². The van der Waals surface area contributed by atoms with Gasteiger partial charge in [0, 0.05) is 30.5 Å². The predicted molar refractivity (Wildman–Crippen MR) is 106 cm³/mol. The van der Waals surface area contributed by atoms with Crippen LogP contribution in [0.1, 0.15) is 18.5 Å². The third-order valence-corrected chi connectivity index (χ3v) is 6.22. The van der Waals surface area contributed by atoms with Gasteiger partial charge in [-0.1, -0.05) is 30.3 Å². The molecule has 0 unspecified atom stereocenters. The summed E-state index contributed by atoms with van der Waals surface area (Å²) in [4.78, 5) is 15.4. The standard InChI is InChI=1S/C19H24N2O3S2/c1-15(16-9-11-18(12-10-16)26(3,23)24)21(2)19(22)20-13-14-25-17-7-5-4-6-8-17/h4-12,15H,13-14H2,1-3H3,(H,20,22)/t15-/m0/s1. The van der Waals surface area contributed by atoms with Crippen molar-refractivity contribution in [3.63, 3.8) is 0 Å². The maximum Gasteiger partial charge on any atom is 0.317 e. The number of hydrogen-bond donors (Lipinski definition) is 1. The maximum atomic E-state index is 12.3. The Bertz CT molecular complexity index is 822. The molecule has 1 N–H and O–H groups in total. The molecular weight excluding hydrogens is 368 g/mol. The van der Waals surface area contributed by atoms with Crippen molar-refractivity contribution in [1.29, 1.82) is 0 Å². The van der Waals surface area contributed by atoms with Crippen LogP contribution in [-0.2, 0) is 9.84 Å². The first kappa shape index (κ1) is 20.3. The third-order valence-electron chi connectivity index (χ3n) is 4.08. The van der Waals surface area contributed by atoms with E-state index in [-0.39, 0.29) is 17.0 Å². The molecule has 0 aromatic heterocycles. The number of thioether (sulfide) groups is 1. The molecule has 0 saturated heterocycles. The smallest absolute Gasteiger partial charge is 0.317 e. The first-order chi connectivity index (χ1) is 12.3. The molecule has 0 heterocycles. The van der Waals surface area contributed by atoms with Gasteiger partial charge in [0.2, 0.25) is 0 Å². The highest BCUT2D eigenvalue weighted by Gasteiger charge is 2.17. The number of carbonyl (C=O) groups excluding carboxylic acids is 1. The van der Waals surface area contributed by atoms with Crippen molar-refractivity contribution < 1.29 is 13.2 Å². The average Bonchev–Trinajstić information content (AvgIpc) is 2.64. The lowest BCUT2D eigenvalue weighted by Crippen LogP contribution is -2.39. The van der Waals surface area contributed by atoms with Crippen LogP contribution in [0.3, 0.4) is 0 Å². The van der Waals surface area contributed by atoms with Crippen LogP contribution >= 0.6 is 11.8 Å². The highest BCUT2D eigenvalue weighted by molar-refractivity contribution is 7.99. The minimum absolute atomic E-state index is 0.154. The summed E-state index contributed by atoms with van der Waals surface area (Å²) in [7, 11) is -1.48.